The van der Waals surface area contributed by atoms with E-state index in [1.54, 1.807) is 18.6 Å². The first-order valence-electron chi connectivity index (χ1n) is 4.77. The van der Waals surface area contributed by atoms with E-state index in [0.29, 0.717) is 10.7 Å². The van der Waals surface area contributed by atoms with Crippen molar-refractivity contribution in [1.29, 1.82) is 0 Å². The second kappa shape index (κ2) is 3.86. The summed E-state index contributed by atoms with van der Waals surface area (Å²) < 4.78 is -0.446. The zero-order valence-electron chi connectivity index (χ0n) is 8.91. The van der Waals surface area contributed by atoms with E-state index in [-0.39, 0.29) is 0 Å². The molecular weight excluding hydrogens is 226 g/mol. The number of rotatable bonds is 2. The summed E-state index contributed by atoms with van der Waals surface area (Å²) in [6, 6.07) is -0.727. The van der Waals surface area contributed by atoms with Crippen molar-refractivity contribution in [3.63, 3.8) is 0 Å². The van der Waals surface area contributed by atoms with Gasteiger partial charge < -0.3 is 5.11 Å². The van der Waals surface area contributed by atoms with Gasteiger partial charge in [-0.15, -0.1) is 0 Å². The molecule has 1 N–H and O–H groups in total. The van der Waals surface area contributed by atoms with Gasteiger partial charge in [0.05, 0.1) is 6.20 Å². The van der Waals surface area contributed by atoms with Gasteiger partial charge in [-0.3, -0.25) is 15.0 Å². The van der Waals surface area contributed by atoms with Crippen molar-refractivity contribution in [1.82, 2.24) is 9.97 Å². The number of carbonyl (C=O) groups is 1. The van der Waals surface area contributed by atoms with E-state index >= 15 is 0 Å². The predicted octanol–water partition coefficient (Wildman–Crippen LogP) is 1.20. The van der Waals surface area contributed by atoms with Crippen LogP contribution in [-0.4, -0.2) is 36.9 Å². The van der Waals surface area contributed by atoms with Crippen molar-refractivity contribution >= 4 is 22.8 Å². The molecule has 0 fully saturated rings. The van der Waals surface area contributed by atoms with E-state index in [1.165, 1.54) is 11.8 Å². The van der Waals surface area contributed by atoms with E-state index in [1.807, 2.05) is 13.8 Å². The third kappa shape index (κ3) is 1.92. The summed E-state index contributed by atoms with van der Waals surface area (Å²) in [5.74, 6) is -0.906. The van der Waals surface area contributed by atoms with Crippen LogP contribution in [0.4, 0.5) is 0 Å². The molecule has 0 bridgehead atoms. The molecule has 0 saturated heterocycles. The highest BCUT2D eigenvalue weighted by atomic mass is 32.2. The second-order valence-corrected chi connectivity index (χ2v) is 5.61. The van der Waals surface area contributed by atoms with Crippen LogP contribution < -0.4 is 0 Å². The number of carboxylic acids is 1. The number of aromatic nitrogens is 2. The fraction of sp³-hybridized carbons (Fsp3) is 0.400. The van der Waals surface area contributed by atoms with Crippen molar-refractivity contribution in [3.8, 4) is 0 Å². The van der Waals surface area contributed by atoms with E-state index in [4.69, 9.17) is 5.11 Å². The highest BCUT2D eigenvalue weighted by Crippen LogP contribution is 2.39. The van der Waals surface area contributed by atoms with Crippen molar-refractivity contribution in [2.45, 2.75) is 24.6 Å². The first kappa shape index (κ1) is 11.1. The van der Waals surface area contributed by atoms with E-state index in [2.05, 4.69) is 15.0 Å². The number of thioether (sulfide) groups is 1. The van der Waals surface area contributed by atoms with Crippen molar-refractivity contribution < 1.29 is 9.90 Å². The van der Waals surface area contributed by atoms with Crippen LogP contribution in [0.3, 0.4) is 0 Å². The van der Waals surface area contributed by atoms with Gasteiger partial charge in [0.2, 0.25) is 0 Å². The maximum atomic E-state index is 11.0. The monoisotopic (exact) mass is 237 g/mol. The first-order chi connectivity index (χ1) is 7.50. The number of hydrogen-bond acceptors (Lipinski definition) is 5. The van der Waals surface area contributed by atoms with E-state index < -0.39 is 16.8 Å². The molecule has 1 aromatic heterocycles. The zero-order valence-corrected chi connectivity index (χ0v) is 9.73. The van der Waals surface area contributed by atoms with Gasteiger partial charge in [0.15, 0.2) is 6.04 Å². The Balaban J connectivity index is 2.33. The van der Waals surface area contributed by atoms with Crippen molar-refractivity contribution in [3.05, 3.63) is 24.3 Å². The van der Waals surface area contributed by atoms with Gasteiger partial charge in [-0.1, -0.05) is 11.8 Å². The Morgan fingerprint density at radius 1 is 1.50 bits per heavy atom. The Kier molecular flexibility index (Phi) is 2.67. The lowest BCUT2D eigenvalue weighted by atomic mass is 10.0. The summed E-state index contributed by atoms with van der Waals surface area (Å²) in [6.07, 6.45) is 4.73. The largest absolute Gasteiger partial charge is 0.480 e. The van der Waals surface area contributed by atoms with Crippen LogP contribution in [0, 0.1) is 0 Å². The van der Waals surface area contributed by atoms with Crippen LogP contribution in [-0.2, 0) is 4.79 Å². The molecule has 0 radical (unpaired) electrons. The minimum atomic E-state index is -0.906. The average Bonchev–Trinajstić information content (AvgIpc) is 2.56. The van der Waals surface area contributed by atoms with E-state index in [0.717, 1.165) is 0 Å². The molecule has 0 saturated carbocycles. The summed E-state index contributed by atoms with van der Waals surface area (Å²) in [5, 5.41) is 9.70. The highest BCUT2D eigenvalue weighted by Gasteiger charge is 2.42. The minimum absolute atomic E-state index is 0.446. The summed E-state index contributed by atoms with van der Waals surface area (Å²) in [6.45, 7) is 3.73. The number of nitrogens with zero attached hydrogens (tertiary/aromatic N) is 3. The van der Waals surface area contributed by atoms with Crippen molar-refractivity contribution in [2.75, 3.05) is 0 Å². The fourth-order valence-electron chi connectivity index (χ4n) is 1.48. The molecule has 0 amide bonds. The summed E-state index contributed by atoms with van der Waals surface area (Å²) in [7, 11) is 0. The number of aliphatic imine (C=N–C) groups is 1. The molecule has 2 rings (SSSR count). The fourth-order valence-corrected chi connectivity index (χ4v) is 2.62. The average molecular weight is 237 g/mol. The van der Waals surface area contributed by atoms with Crippen LogP contribution in [0.5, 0.6) is 0 Å². The lowest BCUT2D eigenvalue weighted by Crippen LogP contribution is -2.34. The second-order valence-electron chi connectivity index (χ2n) is 3.97. The molecule has 0 aromatic carbocycles. The summed E-state index contributed by atoms with van der Waals surface area (Å²) >= 11 is 1.42. The molecule has 1 aromatic rings. The SMILES string of the molecule is CC1(C)SC(c2cnccn2)=N[C@H]1C(=O)O. The van der Waals surface area contributed by atoms with Gasteiger partial charge in [0, 0.05) is 17.1 Å². The molecule has 6 heteroatoms. The maximum Gasteiger partial charge on any atom is 0.329 e. The number of aliphatic carboxylic acids is 1. The Hall–Kier alpha value is -1.43. The molecule has 5 nitrogen and oxygen atoms in total. The Labute approximate surface area is 97.0 Å². The first-order valence-corrected chi connectivity index (χ1v) is 5.58. The molecule has 1 aliphatic heterocycles. The molecule has 0 unspecified atom stereocenters. The standard InChI is InChI=1S/C10H11N3O2S/c1-10(2)7(9(14)15)13-8(16-10)6-5-11-3-4-12-6/h3-5,7H,1-2H3,(H,14,15)/t7-/m0/s1. The molecule has 0 spiro atoms. The van der Waals surface area contributed by atoms with E-state index in [9.17, 15) is 4.79 Å². The van der Waals surface area contributed by atoms with Gasteiger partial charge in [0.1, 0.15) is 10.7 Å². The Bertz CT molecular complexity index is 445. The predicted molar refractivity (Wildman–Crippen MR) is 61.7 cm³/mol. The third-order valence-corrected chi connectivity index (χ3v) is 3.54. The minimum Gasteiger partial charge on any atom is -0.480 e. The maximum absolute atomic E-state index is 11.0. The third-order valence-electron chi connectivity index (χ3n) is 2.28. The van der Waals surface area contributed by atoms with Crippen LogP contribution in [0.15, 0.2) is 23.6 Å². The van der Waals surface area contributed by atoms with Crippen LogP contribution >= 0.6 is 11.8 Å². The lowest BCUT2D eigenvalue weighted by molar-refractivity contribution is -0.138. The van der Waals surface area contributed by atoms with Gasteiger partial charge in [-0.25, -0.2) is 4.79 Å². The van der Waals surface area contributed by atoms with Crippen molar-refractivity contribution in [2.24, 2.45) is 4.99 Å². The van der Waals surface area contributed by atoms with Crippen LogP contribution in [0.2, 0.25) is 0 Å². The van der Waals surface area contributed by atoms with Gasteiger partial charge >= 0.3 is 5.97 Å². The Morgan fingerprint density at radius 3 is 2.75 bits per heavy atom. The smallest absolute Gasteiger partial charge is 0.329 e. The highest BCUT2D eigenvalue weighted by molar-refractivity contribution is 8.15. The Morgan fingerprint density at radius 2 is 2.25 bits per heavy atom. The molecule has 84 valence electrons. The quantitative estimate of drug-likeness (QED) is 0.836. The summed E-state index contributed by atoms with van der Waals surface area (Å²) in [4.78, 5) is 23.3. The van der Waals surface area contributed by atoms with Gasteiger partial charge in [-0.2, -0.15) is 0 Å². The van der Waals surface area contributed by atoms with Gasteiger partial charge in [-0.05, 0) is 13.8 Å². The molecule has 1 atom stereocenters. The zero-order chi connectivity index (χ0) is 11.8. The molecule has 2 heterocycles. The normalized spacial score (nSPS) is 22.9. The molecule has 16 heavy (non-hydrogen) atoms. The molecular formula is C10H11N3O2S. The topological polar surface area (TPSA) is 75.4 Å². The van der Waals surface area contributed by atoms with Crippen LogP contribution in [0.25, 0.3) is 0 Å². The molecule has 0 aliphatic carbocycles. The number of hydrogen-bond donors (Lipinski definition) is 1. The number of carboxylic acid groups (broad SMARTS) is 1. The summed E-state index contributed by atoms with van der Waals surface area (Å²) in [5.41, 5.74) is 0.629. The lowest BCUT2D eigenvalue weighted by Gasteiger charge is -2.20. The van der Waals surface area contributed by atoms with Gasteiger partial charge in [0.25, 0.3) is 0 Å². The van der Waals surface area contributed by atoms with Crippen LogP contribution in [0.1, 0.15) is 19.5 Å². The molecule has 1 aliphatic rings.